The molecule has 0 aliphatic carbocycles. The molecule has 2 atom stereocenters. The molecule has 0 spiro atoms. The molecule has 2 nitrogen and oxygen atoms in total. The van der Waals surface area contributed by atoms with E-state index in [0.717, 1.165) is 43.2 Å². The van der Waals surface area contributed by atoms with Crippen molar-refractivity contribution in [1.82, 2.24) is 5.32 Å². The van der Waals surface area contributed by atoms with Crippen LogP contribution in [0, 0.1) is 23.7 Å². The molecule has 3 N–H and O–H groups in total. The molecule has 0 aromatic heterocycles. The van der Waals surface area contributed by atoms with E-state index >= 15 is 0 Å². The molecule has 116 valence electrons. The Morgan fingerprint density at radius 2 is 1.53 bits per heavy atom. The minimum absolute atomic E-state index is 0.136. The van der Waals surface area contributed by atoms with Gasteiger partial charge in [0.25, 0.3) is 0 Å². The third-order valence-corrected chi connectivity index (χ3v) is 4.93. The van der Waals surface area contributed by atoms with Crippen LogP contribution in [0.2, 0.25) is 0 Å². The zero-order valence-electron chi connectivity index (χ0n) is 14.4. The van der Waals surface area contributed by atoms with Gasteiger partial charge in [-0.15, -0.1) is 0 Å². The van der Waals surface area contributed by atoms with Gasteiger partial charge in [0.15, 0.2) is 0 Å². The van der Waals surface area contributed by atoms with E-state index in [0.29, 0.717) is 0 Å². The first kappa shape index (κ1) is 18.9. The predicted molar refractivity (Wildman–Crippen MR) is 87.3 cm³/mol. The van der Waals surface area contributed by atoms with Crippen molar-refractivity contribution >= 4 is 0 Å². The van der Waals surface area contributed by atoms with E-state index in [1.54, 1.807) is 0 Å². The summed E-state index contributed by atoms with van der Waals surface area (Å²) >= 11 is 0. The Morgan fingerprint density at radius 1 is 1.00 bits per heavy atom. The first-order chi connectivity index (χ1) is 8.81. The summed E-state index contributed by atoms with van der Waals surface area (Å²) in [5.41, 5.74) is 6.23. The lowest BCUT2D eigenvalue weighted by Gasteiger charge is -2.38. The minimum Gasteiger partial charge on any atom is -0.329 e. The van der Waals surface area contributed by atoms with Crippen LogP contribution < -0.4 is 11.1 Å². The van der Waals surface area contributed by atoms with Gasteiger partial charge in [0.2, 0.25) is 0 Å². The molecule has 0 saturated heterocycles. The van der Waals surface area contributed by atoms with E-state index < -0.39 is 0 Å². The molecule has 0 saturated carbocycles. The summed E-state index contributed by atoms with van der Waals surface area (Å²) in [5, 5.41) is 3.84. The lowest BCUT2D eigenvalue weighted by Crippen LogP contribution is -2.54. The number of nitrogens with two attached hydrogens (primary N) is 1. The molecule has 0 amide bonds. The van der Waals surface area contributed by atoms with Crippen molar-refractivity contribution in [1.29, 1.82) is 0 Å². The third kappa shape index (κ3) is 6.27. The van der Waals surface area contributed by atoms with Gasteiger partial charge in [-0.05, 0) is 43.1 Å². The highest BCUT2D eigenvalue weighted by Crippen LogP contribution is 2.25. The van der Waals surface area contributed by atoms with Crippen molar-refractivity contribution in [2.24, 2.45) is 29.4 Å². The molecule has 0 aliphatic heterocycles. The van der Waals surface area contributed by atoms with Gasteiger partial charge in [-0.3, -0.25) is 0 Å². The Labute approximate surface area is 121 Å². The molecule has 0 aliphatic rings. The van der Waals surface area contributed by atoms with Gasteiger partial charge in [-0.2, -0.15) is 0 Å². The largest absolute Gasteiger partial charge is 0.329 e. The fourth-order valence-electron chi connectivity index (χ4n) is 3.03. The van der Waals surface area contributed by atoms with Crippen LogP contribution in [0.5, 0.6) is 0 Å². The molecule has 0 bridgehead atoms. The molecule has 19 heavy (non-hydrogen) atoms. The van der Waals surface area contributed by atoms with E-state index in [1.165, 1.54) is 12.8 Å². The summed E-state index contributed by atoms with van der Waals surface area (Å²) < 4.78 is 0. The van der Waals surface area contributed by atoms with Crippen molar-refractivity contribution in [3.05, 3.63) is 0 Å². The van der Waals surface area contributed by atoms with Gasteiger partial charge in [-0.1, -0.05) is 54.9 Å². The van der Waals surface area contributed by atoms with E-state index in [1.807, 2.05) is 0 Å². The highest BCUT2D eigenvalue weighted by atomic mass is 15.0. The van der Waals surface area contributed by atoms with Crippen LogP contribution in [-0.4, -0.2) is 18.6 Å². The lowest BCUT2D eigenvalue weighted by atomic mass is 9.81. The van der Waals surface area contributed by atoms with Crippen LogP contribution in [0.25, 0.3) is 0 Å². The van der Waals surface area contributed by atoms with Crippen molar-refractivity contribution < 1.29 is 0 Å². The fourth-order valence-corrected chi connectivity index (χ4v) is 3.03. The standard InChI is InChI=1S/C17H38N2/c1-8-15(7)10-17(9-2,12-18)19-11-16(13(3)4)14(5)6/h13-16,19H,8-12,18H2,1-7H3. The van der Waals surface area contributed by atoms with E-state index in [-0.39, 0.29) is 5.54 Å². The Hall–Kier alpha value is -0.0800. The molecule has 0 rings (SSSR count). The highest BCUT2D eigenvalue weighted by molar-refractivity contribution is 4.90. The maximum Gasteiger partial charge on any atom is 0.0304 e. The van der Waals surface area contributed by atoms with Gasteiger partial charge in [0.1, 0.15) is 0 Å². The van der Waals surface area contributed by atoms with Gasteiger partial charge >= 0.3 is 0 Å². The quantitative estimate of drug-likeness (QED) is 0.628. The average Bonchev–Trinajstić information content (AvgIpc) is 2.36. The lowest BCUT2D eigenvalue weighted by molar-refractivity contribution is 0.201. The zero-order chi connectivity index (χ0) is 15.1. The van der Waals surface area contributed by atoms with Crippen LogP contribution in [0.1, 0.15) is 67.7 Å². The van der Waals surface area contributed by atoms with Gasteiger partial charge in [0, 0.05) is 12.1 Å². The normalized spacial score (nSPS) is 17.2. The topological polar surface area (TPSA) is 38.0 Å². The first-order valence-corrected chi connectivity index (χ1v) is 8.26. The first-order valence-electron chi connectivity index (χ1n) is 8.26. The SMILES string of the molecule is CCC(C)CC(CC)(CN)NCC(C(C)C)C(C)C. The van der Waals surface area contributed by atoms with Crippen LogP contribution in [0.4, 0.5) is 0 Å². The molecule has 0 radical (unpaired) electrons. The molecule has 0 aromatic carbocycles. The Morgan fingerprint density at radius 3 is 1.84 bits per heavy atom. The average molecular weight is 271 g/mol. The smallest absolute Gasteiger partial charge is 0.0304 e. The monoisotopic (exact) mass is 270 g/mol. The maximum absolute atomic E-state index is 6.10. The van der Waals surface area contributed by atoms with Crippen molar-refractivity contribution in [3.63, 3.8) is 0 Å². The molecule has 0 aromatic rings. The summed E-state index contributed by atoms with van der Waals surface area (Å²) in [5.74, 6) is 2.92. The van der Waals surface area contributed by atoms with E-state index in [2.05, 4.69) is 53.8 Å². The Kier molecular flexibility index (Phi) is 8.93. The summed E-state index contributed by atoms with van der Waals surface area (Å²) in [6.45, 7) is 18.0. The van der Waals surface area contributed by atoms with Crippen LogP contribution in [-0.2, 0) is 0 Å². The summed E-state index contributed by atoms with van der Waals surface area (Å²) in [4.78, 5) is 0. The van der Waals surface area contributed by atoms with Crippen molar-refractivity contribution in [3.8, 4) is 0 Å². The van der Waals surface area contributed by atoms with Gasteiger partial charge in [-0.25, -0.2) is 0 Å². The molecule has 0 heterocycles. The fraction of sp³-hybridized carbons (Fsp3) is 1.00. The highest BCUT2D eigenvalue weighted by Gasteiger charge is 2.29. The van der Waals surface area contributed by atoms with E-state index in [4.69, 9.17) is 5.73 Å². The second-order valence-electron chi connectivity index (χ2n) is 7.09. The maximum atomic E-state index is 6.10. The zero-order valence-corrected chi connectivity index (χ0v) is 14.4. The predicted octanol–water partition coefficient (Wildman–Crippen LogP) is 4.05. The number of hydrogen-bond acceptors (Lipinski definition) is 2. The number of hydrogen-bond donors (Lipinski definition) is 2. The van der Waals surface area contributed by atoms with Crippen LogP contribution in [0.3, 0.4) is 0 Å². The molecule has 2 unspecified atom stereocenters. The number of nitrogens with one attached hydrogen (secondary N) is 1. The van der Waals surface area contributed by atoms with E-state index in [9.17, 15) is 0 Å². The second kappa shape index (κ2) is 8.97. The molecular formula is C17H38N2. The molecular weight excluding hydrogens is 232 g/mol. The molecule has 0 fully saturated rings. The summed E-state index contributed by atoms with van der Waals surface area (Å²) in [6.07, 6.45) is 3.55. The van der Waals surface area contributed by atoms with Crippen LogP contribution >= 0.6 is 0 Å². The van der Waals surface area contributed by atoms with Gasteiger partial charge < -0.3 is 11.1 Å². The second-order valence-corrected chi connectivity index (χ2v) is 7.09. The minimum atomic E-state index is 0.136. The number of rotatable bonds is 10. The van der Waals surface area contributed by atoms with Crippen molar-refractivity contribution in [2.75, 3.05) is 13.1 Å². The van der Waals surface area contributed by atoms with Crippen LogP contribution in [0.15, 0.2) is 0 Å². The Balaban J connectivity index is 4.65. The summed E-state index contributed by atoms with van der Waals surface area (Å²) in [7, 11) is 0. The van der Waals surface area contributed by atoms with Gasteiger partial charge in [0.05, 0.1) is 0 Å². The summed E-state index contributed by atoms with van der Waals surface area (Å²) in [6, 6.07) is 0. The third-order valence-electron chi connectivity index (χ3n) is 4.93. The Bertz CT molecular complexity index is 211. The van der Waals surface area contributed by atoms with Crippen molar-refractivity contribution in [2.45, 2.75) is 73.3 Å². The molecule has 2 heteroatoms.